The molecular weight excluding hydrogens is 530 g/mol. The first-order valence-corrected chi connectivity index (χ1v) is 12.8. The van der Waals surface area contributed by atoms with Gasteiger partial charge in [0.2, 0.25) is 5.91 Å². The topological polar surface area (TPSA) is 99.2 Å². The molecule has 2 aliphatic rings. The normalized spacial score (nSPS) is 20.9. The number of hydrogen-bond acceptors (Lipinski definition) is 6. The molecule has 2 amide bonds. The highest BCUT2D eigenvalue weighted by Crippen LogP contribution is 2.33. The molecule has 1 saturated carbocycles. The number of aromatic nitrogens is 2. The Hall–Kier alpha value is -3.16. The third-order valence-corrected chi connectivity index (χ3v) is 7.32. The maximum Gasteiger partial charge on any atom is 0.471 e. The molecular formula is C25H30F6N6O2. The van der Waals surface area contributed by atoms with Gasteiger partial charge in [0.25, 0.3) is 0 Å². The summed E-state index contributed by atoms with van der Waals surface area (Å²) in [5.74, 6) is -1.61. The molecule has 0 unspecified atom stereocenters. The van der Waals surface area contributed by atoms with Crippen LogP contribution in [0.5, 0.6) is 0 Å². The molecule has 8 nitrogen and oxygen atoms in total. The van der Waals surface area contributed by atoms with Gasteiger partial charge in [0, 0.05) is 31.1 Å². The van der Waals surface area contributed by atoms with Gasteiger partial charge in [-0.2, -0.15) is 26.3 Å². The number of nitrogens with zero attached hydrogens (tertiary/aromatic N) is 3. The summed E-state index contributed by atoms with van der Waals surface area (Å²) in [5, 5.41) is 7.81. The molecule has 1 aromatic carbocycles. The summed E-state index contributed by atoms with van der Waals surface area (Å²) in [6.07, 6.45) is -2.96. The van der Waals surface area contributed by atoms with Crippen LogP contribution in [0.4, 0.5) is 32.2 Å². The lowest BCUT2D eigenvalue weighted by Crippen LogP contribution is -2.63. The molecule has 2 fully saturated rings. The summed E-state index contributed by atoms with van der Waals surface area (Å²) in [6, 6.07) is 3.55. The minimum absolute atomic E-state index is 0.0165. The van der Waals surface area contributed by atoms with Gasteiger partial charge in [-0.25, -0.2) is 9.97 Å². The number of benzene rings is 1. The Balaban J connectivity index is 1.14. The first-order valence-electron chi connectivity index (χ1n) is 12.8. The zero-order chi connectivity index (χ0) is 28.2. The second-order valence-electron chi connectivity index (χ2n) is 10.1. The van der Waals surface area contributed by atoms with Crippen molar-refractivity contribution in [3.63, 3.8) is 0 Å². The highest BCUT2D eigenvalue weighted by molar-refractivity contribution is 5.91. The predicted molar refractivity (Wildman–Crippen MR) is 131 cm³/mol. The van der Waals surface area contributed by atoms with Crippen molar-refractivity contribution in [2.45, 2.75) is 63.0 Å². The molecule has 0 bridgehead atoms. The van der Waals surface area contributed by atoms with E-state index in [1.54, 1.807) is 0 Å². The first-order chi connectivity index (χ1) is 18.4. The van der Waals surface area contributed by atoms with Crippen LogP contribution in [-0.2, 0) is 15.8 Å². The molecule has 2 heterocycles. The van der Waals surface area contributed by atoms with Crippen molar-refractivity contribution < 1.29 is 35.9 Å². The van der Waals surface area contributed by atoms with Crippen LogP contribution in [0, 0.1) is 5.92 Å². The van der Waals surface area contributed by atoms with E-state index in [1.165, 1.54) is 12.4 Å². The molecule has 39 heavy (non-hydrogen) atoms. The smallest absolute Gasteiger partial charge is 0.360 e. The zero-order valence-corrected chi connectivity index (χ0v) is 21.0. The van der Waals surface area contributed by atoms with Crippen molar-refractivity contribution in [1.82, 2.24) is 25.5 Å². The van der Waals surface area contributed by atoms with Crippen LogP contribution in [0.15, 0.2) is 24.5 Å². The highest BCUT2D eigenvalue weighted by Gasteiger charge is 2.38. The van der Waals surface area contributed by atoms with E-state index in [9.17, 15) is 35.9 Å². The van der Waals surface area contributed by atoms with Crippen LogP contribution >= 0.6 is 0 Å². The Morgan fingerprint density at radius 3 is 2.38 bits per heavy atom. The molecule has 1 aromatic heterocycles. The van der Waals surface area contributed by atoms with Crippen LogP contribution in [0.25, 0.3) is 10.9 Å². The van der Waals surface area contributed by atoms with E-state index in [2.05, 4.69) is 25.5 Å². The molecule has 1 saturated heterocycles. The van der Waals surface area contributed by atoms with E-state index < -0.39 is 23.8 Å². The van der Waals surface area contributed by atoms with Crippen molar-refractivity contribution in [1.29, 1.82) is 0 Å². The Labute approximate surface area is 220 Å². The van der Waals surface area contributed by atoms with Gasteiger partial charge in [-0.1, -0.05) is 0 Å². The predicted octanol–water partition coefficient (Wildman–Crippen LogP) is 3.88. The van der Waals surface area contributed by atoms with Crippen molar-refractivity contribution >= 4 is 28.5 Å². The number of carbonyl (C=O) groups excluding carboxylic acids is 2. The number of nitrogens with one attached hydrogen (secondary N) is 3. The van der Waals surface area contributed by atoms with Crippen molar-refractivity contribution in [2.24, 2.45) is 5.92 Å². The number of anilines is 1. The Kier molecular flexibility index (Phi) is 8.82. The summed E-state index contributed by atoms with van der Waals surface area (Å²) in [6.45, 7) is 1.28. The van der Waals surface area contributed by atoms with E-state index in [1.807, 2.05) is 5.32 Å². The fourth-order valence-electron chi connectivity index (χ4n) is 5.21. The van der Waals surface area contributed by atoms with Crippen LogP contribution < -0.4 is 16.0 Å². The molecule has 4 rings (SSSR count). The lowest BCUT2D eigenvalue weighted by Gasteiger charge is -2.46. The zero-order valence-electron chi connectivity index (χ0n) is 21.0. The van der Waals surface area contributed by atoms with Gasteiger partial charge >= 0.3 is 18.3 Å². The van der Waals surface area contributed by atoms with E-state index >= 15 is 0 Å². The number of alkyl halides is 6. The maximum absolute atomic E-state index is 13.1. The number of fused-ring (bicyclic) bond motifs is 1. The second kappa shape index (κ2) is 11.9. The summed E-state index contributed by atoms with van der Waals surface area (Å²) in [5.41, 5.74) is -0.492. The van der Waals surface area contributed by atoms with Gasteiger partial charge in [0.1, 0.15) is 12.1 Å². The summed E-state index contributed by atoms with van der Waals surface area (Å²) < 4.78 is 75.9. The van der Waals surface area contributed by atoms with Crippen LogP contribution in [0.1, 0.15) is 44.1 Å². The molecule has 3 N–H and O–H groups in total. The fourth-order valence-corrected chi connectivity index (χ4v) is 5.21. The van der Waals surface area contributed by atoms with E-state index in [0.717, 1.165) is 44.2 Å². The lowest BCUT2D eigenvalue weighted by atomic mass is 9.81. The third kappa shape index (κ3) is 7.70. The quantitative estimate of drug-likeness (QED) is 0.318. The monoisotopic (exact) mass is 560 g/mol. The van der Waals surface area contributed by atoms with Crippen molar-refractivity contribution in [3.8, 4) is 0 Å². The molecule has 0 radical (unpaired) electrons. The Morgan fingerprint density at radius 2 is 1.72 bits per heavy atom. The number of rotatable bonds is 9. The third-order valence-electron chi connectivity index (χ3n) is 7.32. The highest BCUT2D eigenvalue weighted by atomic mass is 19.4. The van der Waals surface area contributed by atoms with Gasteiger partial charge in [-0.15, -0.1) is 0 Å². The molecule has 214 valence electrons. The molecule has 0 spiro atoms. The Bertz CT molecular complexity index is 1160. The summed E-state index contributed by atoms with van der Waals surface area (Å²) in [4.78, 5) is 33.5. The SMILES string of the molecule is O=C(CNc1ncnc2ccc(C(F)(F)F)cc12)NC1CN(C2CCC(CCCNC(=O)C(F)(F)F)CC2)C1. The second-order valence-corrected chi connectivity index (χ2v) is 10.1. The van der Waals surface area contributed by atoms with Crippen LogP contribution in [0.3, 0.4) is 0 Å². The summed E-state index contributed by atoms with van der Waals surface area (Å²) in [7, 11) is 0. The van der Waals surface area contributed by atoms with Crippen molar-refractivity contribution in [3.05, 3.63) is 30.1 Å². The van der Waals surface area contributed by atoms with E-state index in [-0.39, 0.29) is 36.2 Å². The number of amides is 2. The minimum Gasteiger partial charge on any atom is -0.360 e. The van der Waals surface area contributed by atoms with Gasteiger partial charge in [0.15, 0.2) is 0 Å². The number of carbonyl (C=O) groups is 2. The maximum atomic E-state index is 13.1. The van der Waals surface area contributed by atoms with Crippen LogP contribution in [-0.4, -0.2) is 71.1 Å². The van der Waals surface area contributed by atoms with Gasteiger partial charge in [0.05, 0.1) is 23.7 Å². The standard InChI is InChI=1S/C25H30F6N6O2/c26-24(27,28)16-5-8-20-19(10-16)22(35-14-34-20)33-11-21(38)36-17-12-37(13-17)18-6-3-15(4-7-18)2-1-9-32-23(39)25(29,30)31/h5,8,10,14-15,17-18H,1-4,6-7,9,11-13H2,(H,32,39)(H,36,38)(H,33,34,35). The Morgan fingerprint density at radius 1 is 1.00 bits per heavy atom. The molecule has 1 aliphatic carbocycles. The average molecular weight is 561 g/mol. The van der Waals surface area contributed by atoms with Gasteiger partial charge in [-0.05, 0) is 62.6 Å². The van der Waals surface area contributed by atoms with Gasteiger partial charge < -0.3 is 16.0 Å². The van der Waals surface area contributed by atoms with E-state index in [0.29, 0.717) is 37.0 Å². The van der Waals surface area contributed by atoms with E-state index in [4.69, 9.17) is 0 Å². The van der Waals surface area contributed by atoms with Crippen LogP contribution in [0.2, 0.25) is 0 Å². The first kappa shape index (κ1) is 28.8. The number of likely N-dealkylation sites (tertiary alicyclic amines) is 1. The number of hydrogen-bond donors (Lipinski definition) is 3. The largest absolute Gasteiger partial charge is 0.471 e. The molecule has 14 heteroatoms. The molecule has 1 aliphatic heterocycles. The molecule has 2 aromatic rings. The molecule has 0 atom stereocenters. The average Bonchev–Trinajstić information content (AvgIpc) is 2.86. The summed E-state index contributed by atoms with van der Waals surface area (Å²) >= 11 is 0. The van der Waals surface area contributed by atoms with Gasteiger partial charge in [-0.3, -0.25) is 14.5 Å². The minimum atomic E-state index is -4.85. The fraction of sp³-hybridized carbons (Fsp3) is 0.600. The van der Waals surface area contributed by atoms with Crippen molar-refractivity contribution in [2.75, 3.05) is 31.5 Å². The lowest BCUT2D eigenvalue weighted by molar-refractivity contribution is -0.173. The number of halogens is 6.